The summed E-state index contributed by atoms with van der Waals surface area (Å²) in [6.07, 6.45) is 0. The lowest BCUT2D eigenvalue weighted by Gasteiger charge is -2.14. The van der Waals surface area contributed by atoms with E-state index in [1.807, 2.05) is 0 Å². The SMILES string of the molecule is O=C1c2ccccc2C(=O)N1c1ccc(OS(=O)(=O)c2ccccc2)cc1. The summed E-state index contributed by atoms with van der Waals surface area (Å²) in [5, 5.41) is 0. The quantitative estimate of drug-likeness (QED) is 0.513. The lowest BCUT2D eigenvalue weighted by Crippen LogP contribution is -2.29. The van der Waals surface area contributed by atoms with Crippen molar-refractivity contribution in [3.05, 3.63) is 90.0 Å². The Labute approximate surface area is 155 Å². The zero-order valence-corrected chi connectivity index (χ0v) is 14.7. The summed E-state index contributed by atoms with van der Waals surface area (Å²) in [7, 11) is -3.96. The van der Waals surface area contributed by atoms with E-state index in [0.717, 1.165) is 4.90 Å². The molecule has 27 heavy (non-hydrogen) atoms. The number of benzene rings is 3. The summed E-state index contributed by atoms with van der Waals surface area (Å²) in [5.41, 5.74) is 1.02. The van der Waals surface area contributed by atoms with Crippen LogP contribution in [0.1, 0.15) is 20.7 Å². The highest BCUT2D eigenvalue weighted by atomic mass is 32.2. The van der Waals surface area contributed by atoms with Gasteiger partial charge in [0, 0.05) is 0 Å². The first kappa shape index (κ1) is 17.0. The lowest BCUT2D eigenvalue weighted by atomic mass is 10.1. The van der Waals surface area contributed by atoms with Crippen LogP contribution in [-0.4, -0.2) is 20.2 Å². The van der Waals surface area contributed by atoms with Crippen LogP contribution >= 0.6 is 0 Å². The van der Waals surface area contributed by atoms with Crippen molar-refractivity contribution in [2.24, 2.45) is 0 Å². The molecule has 3 aromatic rings. The van der Waals surface area contributed by atoms with Gasteiger partial charge in [-0.15, -0.1) is 0 Å². The highest BCUT2D eigenvalue weighted by molar-refractivity contribution is 7.87. The third-order valence-corrected chi connectivity index (χ3v) is 5.39. The Bertz CT molecular complexity index is 1100. The molecule has 0 N–H and O–H groups in total. The van der Waals surface area contributed by atoms with Gasteiger partial charge in [-0.2, -0.15) is 8.42 Å². The fourth-order valence-electron chi connectivity index (χ4n) is 2.84. The zero-order valence-electron chi connectivity index (χ0n) is 13.9. The van der Waals surface area contributed by atoms with Gasteiger partial charge in [0.05, 0.1) is 16.8 Å². The van der Waals surface area contributed by atoms with Gasteiger partial charge in [0.25, 0.3) is 11.8 Å². The molecule has 0 saturated carbocycles. The Hall–Kier alpha value is -3.45. The number of carbonyl (C=O) groups excluding carboxylic acids is 2. The van der Waals surface area contributed by atoms with Gasteiger partial charge in [-0.25, -0.2) is 4.90 Å². The molecule has 1 aliphatic heterocycles. The van der Waals surface area contributed by atoms with E-state index in [0.29, 0.717) is 16.8 Å². The van der Waals surface area contributed by atoms with Crippen LogP contribution < -0.4 is 9.08 Å². The van der Waals surface area contributed by atoms with E-state index in [2.05, 4.69) is 0 Å². The number of rotatable bonds is 4. The van der Waals surface area contributed by atoms with Gasteiger partial charge >= 0.3 is 10.1 Å². The minimum absolute atomic E-state index is 0.0365. The molecule has 0 fully saturated rings. The van der Waals surface area contributed by atoms with Crippen molar-refractivity contribution in [3.8, 4) is 5.75 Å². The van der Waals surface area contributed by atoms with Crippen LogP contribution in [-0.2, 0) is 10.1 Å². The van der Waals surface area contributed by atoms with E-state index in [-0.39, 0.29) is 10.6 Å². The third kappa shape index (κ3) is 2.98. The van der Waals surface area contributed by atoms with Crippen LogP contribution in [0, 0.1) is 0 Å². The number of amides is 2. The second kappa shape index (κ2) is 6.37. The monoisotopic (exact) mass is 379 g/mol. The van der Waals surface area contributed by atoms with E-state index in [1.165, 1.54) is 36.4 Å². The summed E-state index contributed by atoms with van der Waals surface area (Å²) in [6, 6.07) is 20.1. The van der Waals surface area contributed by atoms with Crippen molar-refractivity contribution in [1.82, 2.24) is 0 Å². The zero-order chi connectivity index (χ0) is 19.0. The maximum absolute atomic E-state index is 12.5. The molecule has 0 aromatic heterocycles. The fraction of sp³-hybridized carbons (Fsp3) is 0. The lowest BCUT2D eigenvalue weighted by molar-refractivity contribution is 0.0926. The van der Waals surface area contributed by atoms with Crippen molar-refractivity contribution in [1.29, 1.82) is 0 Å². The highest BCUT2D eigenvalue weighted by Crippen LogP contribution is 2.30. The minimum Gasteiger partial charge on any atom is -0.379 e. The van der Waals surface area contributed by atoms with Crippen LogP contribution in [0.3, 0.4) is 0 Å². The fourth-order valence-corrected chi connectivity index (χ4v) is 3.79. The maximum atomic E-state index is 12.5. The van der Waals surface area contributed by atoms with Crippen molar-refractivity contribution < 1.29 is 22.2 Å². The summed E-state index contributed by atoms with van der Waals surface area (Å²) in [6.45, 7) is 0. The number of hydrogen-bond donors (Lipinski definition) is 0. The number of hydrogen-bond acceptors (Lipinski definition) is 5. The van der Waals surface area contributed by atoms with Gasteiger partial charge in [-0.1, -0.05) is 30.3 Å². The molecule has 4 rings (SSSR count). The third-order valence-electron chi connectivity index (χ3n) is 4.13. The predicted molar refractivity (Wildman–Crippen MR) is 98.3 cm³/mol. The first-order valence-corrected chi connectivity index (χ1v) is 9.45. The Morgan fingerprint density at radius 2 is 1.19 bits per heavy atom. The highest BCUT2D eigenvalue weighted by Gasteiger charge is 2.36. The maximum Gasteiger partial charge on any atom is 0.339 e. The van der Waals surface area contributed by atoms with Crippen molar-refractivity contribution in [3.63, 3.8) is 0 Å². The van der Waals surface area contributed by atoms with E-state index in [1.54, 1.807) is 42.5 Å². The standard InChI is InChI=1S/C20H13NO5S/c22-19-17-8-4-5-9-18(17)20(23)21(19)14-10-12-15(13-11-14)26-27(24,25)16-6-2-1-3-7-16/h1-13H. The molecular formula is C20H13NO5S. The van der Waals surface area contributed by atoms with E-state index < -0.39 is 21.9 Å². The summed E-state index contributed by atoms with van der Waals surface area (Å²) >= 11 is 0. The molecule has 2 amide bonds. The van der Waals surface area contributed by atoms with Crippen molar-refractivity contribution in [2.75, 3.05) is 4.90 Å². The van der Waals surface area contributed by atoms with Gasteiger partial charge in [0.1, 0.15) is 10.6 Å². The van der Waals surface area contributed by atoms with E-state index in [9.17, 15) is 18.0 Å². The van der Waals surface area contributed by atoms with E-state index in [4.69, 9.17) is 4.18 Å². The average molecular weight is 379 g/mol. The molecule has 7 heteroatoms. The molecule has 6 nitrogen and oxygen atoms in total. The molecule has 0 saturated heterocycles. The van der Waals surface area contributed by atoms with Gasteiger partial charge in [-0.05, 0) is 48.5 Å². The van der Waals surface area contributed by atoms with Crippen LogP contribution in [0.5, 0.6) is 5.75 Å². The molecule has 0 atom stereocenters. The van der Waals surface area contributed by atoms with Crippen LogP contribution in [0.2, 0.25) is 0 Å². The molecule has 0 bridgehead atoms. The van der Waals surface area contributed by atoms with Gasteiger partial charge < -0.3 is 4.18 Å². The summed E-state index contributed by atoms with van der Waals surface area (Å²) in [4.78, 5) is 26.1. The van der Waals surface area contributed by atoms with Gasteiger partial charge in [-0.3, -0.25) is 9.59 Å². The average Bonchev–Trinajstić information content (AvgIpc) is 2.94. The normalized spacial score (nSPS) is 13.6. The Morgan fingerprint density at radius 3 is 1.74 bits per heavy atom. The number of fused-ring (bicyclic) bond motifs is 1. The Kier molecular flexibility index (Phi) is 4.01. The molecule has 1 aliphatic rings. The number of nitrogens with zero attached hydrogens (tertiary/aromatic N) is 1. The second-order valence-corrected chi connectivity index (χ2v) is 7.38. The molecule has 1 heterocycles. The van der Waals surface area contributed by atoms with Gasteiger partial charge in [0.15, 0.2) is 0 Å². The summed E-state index contributed by atoms with van der Waals surface area (Å²) in [5.74, 6) is -0.749. The smallest absolute Gasteiger partial charge is 0.339 e. The van der Waals surface area contributed by atoms with Gasteiger partial charge in [0.2, 0.25) is 0 Å². The molecule has 134 valence electrons. The first-order chi connectivity index (χ1) is 13.0. The van der Waals surface area contributed by atoms with Crippen molar-refractivity contribution >= 4 is 27.6 Å². The first-order valence-electron chi connectivity index (χ1n) is 8.05. The van der Waals surface area contributed by atoms with Crippen LogP contribution in [0.15, 0.2) is 83.8 Å². The van der Waals surface area contributed by atoms with E-state index >= 15 is 0 Å². The topological polar surface area (TPSA) is 80.8 Å². The Morgan fingerprint density at radius 1 is 0.667 bits per heavy atom. The molecule has 0 unspecified atom stereocenters. The largest absolute Gasteiger partial charge is 0.379 e. The van der Waals surface area contributed by atoms with Crippen molar-refractivity contribution in [2.45, 2.75) is 4.90 Å². The number of imide groups is 1. The number of carbonyl (C=O) groups is 2. The molecule has 0 radical (unpaired) electrons. The minimum atomic E-state index is -3.96. The number of anilines is 1. The Balaban J connectivity index is 1.59. The summed E-state index contributed by atoms with van der Waals surface area (Å²) < 4.78 is 29.6. The molecule has 0 aliphatic carbocycles. The predicted octanol–water partition coefficient (Wildman–Crippen LogP) is 3.25. The molecular weight excluding hydrogens is 366 g/mol. The second-order valence-electron chi connectivity index (χ2n) is 5.84. The molecule has 0 spiro atoms. The molecule has 3 aromatic carbocycles. The van der Waals surface area contributed by atoms with Crippen LogP contribution in [0.25, 0.3) is 0 Å². The van der Waals surface area contributed by atoms with Crippen LogP contribution in [0.4, 0.5) is 5.69 Å².